The molecule has 1 atom stereocenters. The van der Waals surface area contributed by atoms with Crippen LogP contribution >= 0.6 is 11.8 Å². The molecule has 2 aliphatic heterocycles. The van der Waals surface area contributed by atoms with Crippen molar-refractivity contribution < 1.29 is 19.2 Å². The van der Waals surface area contributed by atoms with E-state index in [-0.39, 0.29) is 23.7 Å². The first kappa shape index (κ1) is 17.3. The predicted molar refractivity (Wildman–Crippen MR) is 100 cm³/mol. The molecule has 2 aromatic rings. The van der Waals surface area contributed by atoms with Crippen molar-refractivity contribution in [3.8, 4) is 5.75 Å². The molecule has 0 aliphatic carbocycles. The van der Waals surface area contributed by atoms with E-state index < -0.39 is 15.7 Å². The third kappa shape index (κ3) is 2.62. The number of carbonyl (C=O) groups excluding carboxylic acids is 2. The van der Waals surface area contributed by atoms with Gasteiger partial charge in [-0.1, -0.05) is 23.9 Å². The molecule has 1 saturated heterocycles. The van der Waals surface area contributed by atoms with Gasteiger partial charge in [-0.15, -0.1) is 0 Å². The Labute approximate surface area is 158 Å². The largest absolute Gasteiger partial charge is 0.495 e. The van der Waals surface area contributed by atoms with Crippen molar-refractivity contribution in [3.63, 3.8) is 0 Å². The van der Waals surface area contributed by atoms with Crippen LogP contribution in [0.5, 0.6) is 5.75 Å². The number of anilines is 2. The molecule has 2 heterocycles. The molecule has 1 fully saturated rings. The highest BCUT2D eigenvalue weighted by molar-refractivity contribution is 8.02. The normalized spacial score (nSPS) is 20.2. The summed E-state index contributed by atoms with van der Waals surface area (Å²) in [5.41, 5.74) is 0.749. The van der Waals surface area contributed by atoms with Crippen LogP contribution in [0.25, 0.3) is 0 Å². The third-order valence-corrected chi connectivity index (χ3v) is 6.15. The summed E-state index contributed by atoms with van der Waals surface area (Å²) in [6.07, 6.45) is 0.620. The average molecular weight is 385 g/mol. The first-order valence-electron chi connectivity index (χ1n) is 8.21. The Bertz CT molecular complexity index is 979. The molecule has 1 unspecified atom stereocenters. The highest BCUT2D eigenvalue weighted by Gasteiger charge is 2.57. The van der Waals surface area contributed by atoms with Gasteiger partial charge in [-0.25, -0.2) is 0 Å². The van der Waals surface area contributed by atoms with Gasteiger partial charge >= 0.3 is 0 Å². The highest BCUT2D eigenvalue weighted by atomic mass is 32.2. The number of nitro benzene ring substituents is 1. The number of methoxy groups -OCH3 is 1. The van der Waals surface area contributed by atoms with Crippen LogP contribution in [-0.4, -0.2) is 28.7 Å². The predicted octanol–water partition coefficient (Wildman–Crippen LogP) is 3.17. The SMILES string of the molecule is COc1ccc([N+](=O)[O-])cc1NC(=O)C12CCC(=O)N1c1ccccc1S2. The van der Waals surface area contributed by atoms with E-state index in [1.165, 1.54) is 42.0 Å². The summed E-state index contributed by atoms with van der Waals surface area (Å²) in [5, 5.41) is 13.8. The zero-order valence-corrected chi connectivity index (χ0v) is 15.1. The van der Waals surface area contributed by atoms with Crippen LogP contribution < -0.4 is 15.0 Å². The summed E-state index contributed by atoms with van der Waals surface area (Å²) < 4.78 is 5.21. The number of amides is 2. The van der Waals surface area contributed by atoms with Crippen LogP contribution in [0.15, 0.2) is 47.4 Å². The second kappa shape index (κ2) is 6.27. The molecular weight excluding hydrogens is 370 g/mol. The summed E-state index contributed by atoms with van der Waals surface area (Å²) in [4.78, 5) is 37.5. The van der Waals surface area contributed by atoms with Gasteiger partial charge in [0.25, 0.3) is 11.6 Å². The number of thioether (sulfide) groups is 1. The summed E-state index contributed by atoms with van der Waals surface area (Å²) in [5.74, 6) is -0.219. The molecule has 2 aromatic carbocycles. The maximum atomic E-state index is 13.2. The fraction of sp³-hybridized carbons (Fsp3) is 0.222. The number of nitrogens with one attached hydrogen (secondary N) is 1. The van der Waals surface area contributed by atoms with Gasteiger partial charge in [-0.3, -0.25) is 24.6 Å². The van der Waals surface area contributed by atoms with E-state index in [2.05, 4.69) is 5.32 Å². The molecule has 0 radical (unpaired) electrons. The summed E-state index contributed by atoms with van der Waals surface area (Å²) >= 11 is 1.33. The summed E-state index contributed by atoms with van der Waals surface area (Å²) in [6.45, 7) is 0. The van der Waals surface area contributed by atoms with Crippen LogP contribution in [0, 0.1) is 10.1 Å². The number of nitro groups is 1. The molecule has 0 saturated carbocycles. The molecule has 9 heteroatoms. The Morgan fingerprint density at radius 2 is 2.11 bits per heavy atom. The average Bonchev–Trinajstić information content (AvgIpc) is 3.17. The Morgan fingerprint density at radius 3 is 2.85 bits per heavy atom. The smallest absolute Gasteiger partial charge is 0.271 e. The lowest BCUT2D eigenvalue weighted by Gasteiger charge is -2.29. The van der Waals surface area contributed by atoms with Crippen molar-refractivity contribution in [2.24, 2.45) is 0 Å². The molecule has 0 bridgehead atoms. The molecule has 2 aliphatic rings. The Morgan fingerprint density at radius 1 is 1.33 bits per heavy atom. The van der Waals surface area contributed by atoms with Crippen LogP contribution in [0.3, 0.4) is 0 Å². The second-order valence-electron chi connectivity index (χ2n) is 6.18. The number of hydrogen-bond donors (Lipinski definition) is 1. The van der Waals surface area contributed by atoms with E-state index in [1.807, 2.05) is 24.3 Å². The van der Waals surface area contributed by atoms with E-state index in [0.29, 0.717) is 17.9 Å². The van der Waals surface area contributed by atoms with Gasteiger partial charge in [0.05, 0.1) is 23.4 Å². The van der Waals surface area contributed by atoms with Crippen LogP contribution in [-0.2, 0) is 9.59 Å². The molecular formula is C18H15N3O5S. The maximum Gasteiger partial charge on any atom is 0.271 e. The lowest BCUT2D eigenvalue weighted by atomic mass is 10.1. The van der Waals surface area contributed by atoms with Crippen molar-refractivity contribution in [3.05, 3.63) is 52.6 Å². The fourth-order valence-corrected chi connectivity index (χ4v) is 4.84. The molecule has 0 spiro atoms. The molecule has 0 aromatic heterocycles. The molecule has 8 nitrogen and oxygen atoms in total. The van der Waals surface area contributed by atoms with Gasteiger partial charge in [-0.05, 0) is 24.6 Å². The van der Waals surface area contributed by atoms with E-state index in [4.69, 9.17) is 4.74 Å². The van der Waals surface area contributed by atoms with Gasteiger partial charge in [0.2, 0.25) is 5.91 Å². The minimum absolute atomic E-state index is 0.117. The molecule has 27 heavy (non-hydrogen) atoms. The minimum atomic E-state index is -1.10. The van der Waals surface area contributed by atoms with Crippen molar-refractivity contribution in [1.82, 2.24) is 0 Å². The Hall–Kier alpha value is -3.07. The Balaban J connectivity index is 1.71. The summed E-state index contributed by atoms with van der Waals surface area (Å²) in [7, 11) is 1.42. The monoisotopic (exact) mass is 385 g/mol. The zero-order chi connectivity index (χ0) is 19.2. The standard InChI is InChI=1S/C18H15N3O5S/c1-26-14-7-6-11(21(24)25)10-12(14)19-17(23)18-9-8-16(22)20(18)13-4-2-3-5-15(13)27-18/h2-7,10H,8-9H2,1H3,(H,19,23). The second-order valence-corrected chi connectivity index (χ2v) is 7.50. The lowest BCUT2D eigenvalue weighted by molar-refractivity contribution is -0.384. The van der Waals surface area contributed by atoms with E-state index in [0.717, 1.165) is 4.90 Å². The van der Waals surface area contributed by atoms with Crippen LogP contribution in [0.1, 0.15) is 12.8 Å². The first-order valence-corrected chi connectivity index (χ1v) is 9.03. The van der Waals surface area contributed by atoms with Gasteiger partial charge in [0.1, 0.15) is 5.75 Å². The number of benzene rings is 2. The topological polar surface area (TPSA) is 102 Å². The number of rotatable bonds is 4. The van der Waals surface area contributed by atoms with Crippen molar-refractivity contribution in [2.75, 3.05) is 17.3 Å². The highest BCUT2D eigenvalue weighted by Crippen LogP contribution is 2.56. The zero-order valence-electron chi connectivity index (χ0n) is 14.3. The number of nitrogens with zero attached hydrogens (tertiary/aromatic N) is 2. The van der Waals surface area contributed by atoms with E-state index in [9.17, 15) is 19.7 Å². The first-order chi connectivity index (χ1) is 13.0. The van der Waals surface area contributed by atoms with Crippen molar-refractivity contribution in [2.45, 2.75) is 22.6 Å². The van der Waals surface area contributed by atoms with Gasteiger partial charge in [0.15, 0.2) is 4.87 Å². The van der Waals surface area contributed by atoms with E-state index >= 15 is 0 Å². The molecule has 1 N–H and O–H groups in total. The number of para-hydroxylation sites is 1. The quantitative estimate of drug-likeness (QED) is 0.641. The lowest BCUT2D eigenvalue weighted by Crippen LogP contribution is -2.49. The maximum absolute atomic E-state index is 13.2. The van der Waals surface area contributed by atoms with Crippen LogP contribution in [0.2, 0.25) is 0 Å². The Kier molecular flexibility index (Phi) is 4.03. The number of ether oxygens (including phenoxy) is 1. The molecule has 4 rings (SSSR count). The molecule has 138 valence electrons. The number of carbonyl (C=O) groups is 2. The van der Waals surface area contributed by atoms with E-state index in [1.54, 1.807) is 0 Å². The minimum Gasteiger partial charge on any atom is -0.495 e. The van der Waals surface area contributed by atoms with Crippen LogP contribution in [0.4, 0.5) is 17.1 Å². The fourth-order valence-electron chi connectivity index (χ4n) is 3.43. The van der Waals surface area contributed by atoms with Gasteiger partial charge < -0.3 is 10.1 Å². The third-order valence-electron chi connectivity index (χ3n) is 4.67. The van der Waals surface area contributed by atoms with Crippen molar-refractivity contribution in [1.29, 1.82) is 0 Å². The molecule has 2 amide bonds. The number of fused-ring (bicyclic) bond motifs is 3. The van der Waals surface area contributed by atoms with Crippen molar-refractivity contribution >= 4 is 40.6 Å². The number of non-ortho nitro benzene ring substituents is 1. The van der Waals surface area contributed by atoms with Gasteiger partial charge in [-0.2, -0.15) is 0 Å². The van der Waals surface area contributed by atoms with Gasteiger partial charge in [0, 0.05) is 23.4 Å². The number of hydrogen-bond acceptors (Lipinski definition) is 6. The summed E-state index contributed by atoms with van der Waals surface area (Å²) in [6, 6.07) is 11.3.